The van der Waals surface area contributed by atoms with Crippen LogP contribution in [0, 0.1) is 23.7 Å². The number of allylic oxidation sites excluding steroid dienone is 1. The minimum atomic E-state index is -1.54. The van der Waals surface area contributed by atoms with Gasteiger partial charge in [-0.05, 0) is 81.1 Å². The average Bonchev–Trinajstić information content (AvgIpc) is 2.63. The van der Waals surface area contributed by atoms with Gasteiger partial charge in [0.15, 0.2) is 0 Å². The zero-order chi connectivity index (χ0) is 17.6. The molecule has 0 N–H and O–H groups in total. The van der Waals surface area contributed by atoms with E-state index in [1.165, 1.54) is 32.1 Å². The summed E-state index contributed by atoms with van der Waals surface area (Å²) in [5.41, 5.74) is 0. The fraction of sp³-hybridized carbons (Fsp3) is 0.857. The first-order valence-electron chi connectivity index (χ1n) is 10.3. The van der Waals surface area contributed by atoms with Gasteiger partial charge >= 0.3 is 0 Å². The van der Waals surface area contributed by atoms with E-state index in [9.17, 15) is 13.6 Å². The summed E-state index contributed by atoms with van der Waals surface area (Å²) in [5, 5.41) is 0. The Bertz CT molecular complexity index is 447. The SMILES string of the molecule is O=C1CCC(C2CCC(C3CCC(CCC=C(F)F)CC3)CO2)CC1. The Labute approximate surface area is 150 Å². The van der Waals surface area contributed by atoms with Crippen molar-refractivity contribution >= 4 is 5.78 Å². The molecule has 2 nitrogen and oxygen atoms in total. The maximum atomic E-state index is 12.1. The molecule has 3 aliphatic rings. The van der Waals surface area contributed by atoms with Gasteiger partial charge in [0, 0.05) is 12.8 Å². The van der Waals surface area contributed by atoms with Crippen molar-refractivity contribution in [2.75, 3.05) is 6.61 Å². The highest BCUT2D eigenvalue weighted by atomic mass is 19.3. The van der Waals surface area contributed by atoms with E-state index in [0.717, 1.165) is 57.1 Å². The summed E-state index contributed by atoms with van der Waals surface area (Å²) in [6.45, 7) is 0.889. The Morgan fingerprint density at radius 1 is 0.920 bits per heavy atom. The van der Waals surface area contributed by atoms with Crippen LogP contribution in [-0.4, -0.2) is 18.5 Å². The van der Waals surface area contributed by atoms with E-state index >= 15 is 0 Å². The molecule has 0 aromatic carbocycles. The molecule has 3 rings (SSSR count). The summed E-state index contributed by atoms with van der Waals surface area (Å²) in [6, 6.07) is 0. The molecule has 4 heteroatoms. The van der Waals surface area contributed by atoms with E-state index in [-0.39, 0.29) is 0 Å². The number of carbonyl (C=O) groups excluding carboxylic acids is 1. The highest BCUT2D eigenvalue weighted by Gasteiger charge is 2.34. The van der Waals surface area contributed by atoms with Crippen LogP contribution < -0.4 is 0 Å². The van der Waals surface area contributed by atoms with E-state index in [2.05, 4.69) is 0 Å². The van der Waals surface area contributed by atoms with Crippen molar-refractivity contribution in [3.63, 3.8) is 0 Å². The lowest BCUT2D eigenvalue weighted by Gasteiger charge is -2.40. The van der Waals surface area contributed by atoms with Crippen molar-refractivity contribution in [1.29, 1.82) is 0 Å². The summed E-state index contributed by atoms with van der Waals surface area (Å²) < 4.78 is 30.5. The second kappa shape index (κ2) is 9.25. The van der Waals surface area contributed by atoms with Crippen LogP contribution in [0.1, 0.15) is 77.0 Å². The Kier molecular flexibility index (Phi) is 7.03. The van der Waals surface area contributed by atoms with Crippen molar-refractivity contribution in [3.05, 3.63) is 12.2 Å². The Morgan fingerprint density at radius 3 is 2.20 bits per heavy atom. The van der Waals surface area contributed by atoms with Gasteiger partial charge in [-0.3, -0.25) is 4.79 Å². The van der Waals surface area contributed by atoms with Crippen LogP contribution in [-0.2, 0) is 9.53 Å². The Balaban J connectivity index is 1.35. The normalized spacial score (nSPS) is 34.7. The van der Waals surface area contributed by atoms with Gasteiger partial charge in [-0.2, -0.15) is 8.78 Å². The zero-order valence-corrected chi connectivity index (χ0v) is 15.2. The van der Waals surface area contributed by atoms with Gasteiger partial charge in [-0.25, -0.2) is 0 Å². The van der Waals surface area contributed by atoms with Crippen LogP contribution in [0.15, 0.2) is 12.2 Å². The molecule has 0 aromatic rings. The van der Waals surface area contributed by atoms with Crippen LogP contribution in [0.2, 0.25) is 0 Å². The highest BCUT2D eigenvalue weighted by Crippen LogP contribution is 2.41. The molecule has 1 aliphatic heterocycles. The predicted octanol–water partition coefficient (Wildman–Crippen LogP) is 5.91. The molecule has 25 heavy (non-hydrogen) atoms. The van der Waals surface area contributed by atoms with Gasteiger partial charge in [0.05, 0.1) is 12.7 Å². The predicted molar refractivity (Wildman–Crippen MR) is 94.4 cm³/mol. The van der Waals surface area contributed by atoms with Crippen molar-refractivity contribution in [1.82, 2.24) is 0 Å². The van der Waals surface area contributed by atoms with Gasteiger partial charge in [0.25, 0.3) is 6.08 Å². The lowest BCUT2D eigenvalue weighted by atomic mass is 9.72. The van der Waals surface area contributed by atoms with Crippen molar-refractivity contribution < 1.29 is 18.3 Å². The average molecular weight is 354 g/mol. The van der Waals surface area contributed by atoms with Gasteiger partial charge in [-0.1, -0.05) is 12.8 Å². The minimum Gasteiger partial charge on any atom is -0.378 e. The molecule has 0 aromatic heterocycles. The van der Waals surface area contributed by atoms with Gasteiger partial charge in [0.2, 0.25) is 0 Å². The third-order valence-corrected chi connectivity index (χ3v) is 6.89. The second-order valence-corrected chi connectivity index (χ2v) is 8.44. The van der Waals surface area contributed by atoms with E-state index < -0.39 is 6.08 Å². The quantitative estimate of drug-likeness (QED) is 0.613. The summed E-state index contributed by atoms with van der Waals surface area (Å²) in [7, 11) is 0. The largest absolute Gasteiger partial charge is 0.378 e. The molecular formula is C21H32F2O2. The Hall–Kier alpha value is -0.770. The molecule has 2 unspecified atom stereocenters. The number of rotatable bonds is 5. The third-order valence-electron chi connectivity index (χ3n) is 6.89. The van der Waals surface area contributed by atoms with Gasteiger partial charge in [-0.15, -0.1) is 0 Å². The minimum absolute atomic E-state index is 0.378. The summed E-state index contributed by atoms with van der Waals surface area (Å²) in [6.07, 6.45) is 12.2. The fourth-order valence-corrected chi connectivity index (χ4v) is 5.25. The smallest absolute Gasteiger partial charge is 0.266 e. The molecule has 0 radical (unpaired) electrons. The maximum absolute atomic E-state index is 12.1. The first-order chi connectivity index (χ1) is 12.1. The molecule has 0 amide bonds. The second-order valence-electron chi connectivity index (χ2n) is 8.44. The maximum Gasteiger partial charge on any atom is 0.266 e. The summed E-state index contributed by atoms with van der Waals surface area (Å²) >= 11 is 0. The standard InChI is InChI=1S/C21H32F2O2/c22-21(23)3-1-2-15-4-6-16(7-5-15)18-10-13-20(25-14-18)17-8-11-19(24)12-9-17/h3,15-18,20H,1-2,4-14H2. The Morgan fingerprint density at radius 2 is 1.60 bits per heavy atom. The lowest BCUT2D eigenvalue weighted by molar-refractivity contribution is -0.123. The third kappa shape index (κ3) is 5.60. The van der Waals surface area contributed by atoms with Gasteiger partial charge < -0.3 is 4.74 Å². The van der Waals surface area contributed by atoms with Crippen LogP contribution >= 0.6 is 0 Å². The van der Waals surface area contributed by atoms with E-state index in [1.54, 1.807) is 0 Å². The molecule has 0 bridgehead atoms. The number of hydrogen-bond acceptors (Lipinski definition) is 2. The van der Waals surface area contributed by atoms with Crippen molar-refractivity contribution in [3.8, 4) is 0 Å². The summed E-state index contributed by atoms with van der Waals surface area (Å²) in [5.74, 6) is 3.10. The molecule has 1 heterocycles. The number of ketones is 1. The van der Waals surface area contributed by atoms with E-state index in [0.29, 0.717) is 36.1 Å². The van der Waals surface area contributed by atoms with E-state index in [4.69, 9.17) is 4.74 Å². The van der Waals surface area contributed by atoms with Crippen LogP contribution in [0.4, 0.5) is 8.78 Å². The molecule has 3 fully saturated rings. The number of hydrogen-bond donors (Lipinski definition) is 0. The molecule has 0 spiro atoms. The number of carbonyl (C=O) groups is 1. The first-order valence-corrected chi connectivity index (χ1v) is 10.3. The molecule has 2 aliphatic carbocycles. The highest BCUT2D eigenvalue weighted by molar-refractivity contribution is 5.79. The summed E-state index contributed by atoms with van der Waals surface area (Å²) in [4.78, 5) is 11.4. The number of Topliss-reactive ketones (excluding diaryl/α,β-unsaturated/α-hetero) is 1. The van der Waals surface area contributed by atoms with Crippen LogP contribution in [0.3, 0.4) is 0 Å². The fourth-order valence-electron chi connectivity index (χ4n) is 5.25. The molecule has 2 saturated carbocycles. The molecule has 2 atom stereocenters. The molecular weight excluding hydrogens is 322 g/mol. The topological polar surface area (TPSA) is 26.3 Å². The van der Waals surface area contributed by atoms with Crippen molar-refractivity contribution in [2.45, 2.75) is 83.2 Å². The van der Waals surface area contributed by atoms with Gasteiger partial charge in [0.1, 0.15) is 5.78 Å². The number of halogens is 2. The van der Waals surface area contributed by atoms with Crippen LogP contribution in [0.25, 0.3) is 0 Å². The monoisotopic (exact) mass is 354 g/mol. The molecule has 1 saturated heterocycles. The zero-order valence-electron chi connectivity index (χ0n) is 15.2. The number of ether oxygens (including phenoxy) is 1. The van der Waals surface area contributed by atoms with Crippen LogP contribution in [0.5, 0.6) is 0 Å². The van der Waals surface area contributed by atoms with Crippen molar-refractivity contribution in [2.24, 2.45) is 23.7 Å². The first kappa shape index (κ1) is 19.0. The molecule has 142 valence electrons. The van der Waals surface area contributed by atoms with E-state index in [1.807, 2.05) is 0 Å². The lowest BCUT2D eigenvalue weighted by Crippen LogP contribution is -2.37.